The molecular formula is C6H10N6O2. The monoisotopic (exact) mass is 198 g/mol. The van der Waals surface area contributed by atoms with E-state index in [4.69, 9.17) is 11.5 Å². The zero-order chi connectivity index (χ0) is 11.0. The van der Waals surface area contributed by atoms with Crippen LogP contribution in [0.5, 0.6) is 0 Å². The number of rotatable bonds is 1. The molecule has 0 saturated carbocycles. The highest BCUT2D eigenvalue weighted by Gasteiger charge is 1.89. The van der Waals surface area contributed by atoms with Crippen molar-refractivity contribution in [1.82, 2.24) is 9.97 Å². The van der Waals surface area contributed by atoms with Crippen LogP contribution in [0.3, 0.4) is 0 Å². The molecule has 1 rings (SSSR count). The Hall–Kier alpha value is -2.38. The van der Waals surface area contributed by atoms with Gasteiger partial charge in [-0.3, -0.25) is 27.3 Å². The van der Waals surface area contributed by atoms with Gasteiger partial charge in [0.1, 0.15) is 5.69 Å². The van der Waals surface area contributed by atoms with Crippen LogP contribution in [0.15, 0.2) is 18.6 Å². The topological polar surface area (TPSA) is 158 Å². The van der Waals surface area contributed by atoms with E-state index >= 15 is 0 Å². The molecule has 0 spiro atoms. The van der Waals surface area contributed by atoms with E-state index in [2.05, 4.69) is 15.8 Å². The molecule has 0 radical (unpaired) electrons. The Labute approximate surface area is 79.4 Å². The smallest absolute Gasteiger partial charge is 0.360 e. The first-order chi connectivity index (χ1) is 6.57. The lowest BCUT2D eigenvalue weighted by atomic mass is 10.5. The molecule has 0 aliphatic carbocycles. The average molecular weight is 198 g/mol. The van der Waals surface area contributed by atoms with Crippen LogP contribution in [0.2, 0.25) is 0 Å². The van der Waals surface area contributed by atoms with E-state index in [0.29, 0.717) is 0 Å². The van der Waals surface area contributed by atoms with Crippen LogP contribution < -0.4 is 27.5 Å². The zero-order valence-electron chi connectivity index (χ0n) is 7.18. The quantitative estimate of drug-likeness (QED) is 0.152. The van der Waals surface area contributed by atoms with Gasteiger partial charge in [0.15, 0.2) is 0 Å². The summed E-state index contributed by atoms with van der Waals surface area (Å²) < 4.78 is 0. The van der Waals surface area contributed by atoms with E-state index in [-0.39, 0.29) is 11.7 Å². The van der Waals surface area contributed by atoms with Gasteiger partial charge in [0, 0.05) is 12.4 Å². The summed E-state index contributed by atoms with van der Waals surface area (Å²) in [7, 11) is 0. The zero-order valence-corrected chi connectivity index (χ0v) is 7.18. The number of hydrazine groups is 1. The molecule has 0 aliphatic rings. The van der Waals surface area contributed by atoms with Crippen molar-refractivity contribution < 1.29 is 15.0 Å². The molecule has 0 amide bonds. The number of guanidine groups is 1. The first kappa shape index (κ1) is 11.6. The molecule has 8 nitrogen and oxygen atoms in total. The fourth-order valence-electron chi connectivity index (χ4n) is 0.405. The molecular weight excluding hydrogens is 188 g/mol. The van der Waals surface area contributed by atoms with Crippen molar-refractivity contribution >= 4 is 11.9 Å². The predicted octanol–water partition coefficient (Wildman–Crippen LogP) is -4.95. The van der Waals surface area contributed by atoms with Gasteiger partial charge in [0.2, 0.25) is 0 Å². The van der Waals surface area contributed by atoms with Crippen molar-refractivity contribution in [2.45, 2.75) is 0 Å². The van der Waals surface area contributed by atoms with Crippen molar-refractivity contribution in [3.63, 3.8) is 0 Å². The normalized spacial score (nSPS) is 8.00. The Morgan fingerprint density at radius 2 is 2.00 bits per heavy atom. The van der Waals surface area contributed by atoms with Crippen LogP contribution in [-0.2, 0) is 0 Å². The molecule has 1 aromatic heterocycles. The van der Waals surface area contributed by atoms with Gasteiger partial charge in [-0.15, -0.1) is 0 Å². The van der Waals surface area contributed by atoms with Crippen molar-refractivity contribution in [2.75, 3.05) is 0 Å². The van der Waals surface area contributed by atoms with Gasteiger partial charge in [-0.05, 0) is 0 Å². The van der Waals surface area contributed by atoms with Crippen molar-refractivity contribution in [3.05, 3.63) is 24.3 Å². The van der Waals surface area contributed by atoms with Crippen LogP contribution >= 0.6 is 0 Å². The van der Waals surface area contributed by atoms with Crippen LogP contribution in [0.1, 0.15) is 10.5 Å². The number of carbonyl (C=O) groups excluding carboxylic acids is 1. The highest BCUT2D eigenvalue weighted by molar-refractivity contribution is 5.82. The number of nitrogens with one attached hydrogen (secondary N) is 1. The lowest BCUT2D eigenvalue weighted by Gasteiger charge is -1.95. The second kappa shape index (κ2) is 6.17. The van der Waals surface area contributed by atoms with Crippen LogP contribution in [-0.4, -0.2) is 21.9 Å². The third-order valence-electron chi connectivity index (χ3n) is 0.939. The molecule has 0 atom stereocenters. The van der Waals surface area contributed by atoms with E-state index in [0.717, 1.165) is 6.20 Å². The molecule has 1 aromatic rings. The maximum absolute atomic E-state index is 9.99. The summed E-state index contributed by atoms with van der Waals surface area (Å²) >= 11 is 0. The van der Waals surface area contributed by atoms with Gasteiger partial charge in [-0.2, -0.15) is 5.10 Å². The molecule has 7 N–H and O–H groups in total. The Morgan fingerprint density at radius 3 is 2.21 bits per heavy atom. The number of carbonyl (C=O) groups is 1. The number of hydrogen-bond acceptors (Lipinski definition) is 5. The van der Waals surface area contributed by atoms with Gasteiger partial charge in [0.05, 0.1) is 12.2 Å². The Kier molecular flexibility index (Phi) is 5.12. The molecule has 0 unspecified atom stereocenters. The molecule has 0 saturated heterocycles. The summed E-state index contributed by atoms with van der Waals surface area (Å²) in [5.74, 6) is 3.36. The largest absolute Gasteiger partial charge is 0.543 e. The molecule has 0 aliphatic heterocycles. The number of aromatic nitrogens is 2. The number of nitrogens with zero attached hydrogens (tertiary/aromatic N) is 2. The standard InChI is InChI=1S/C5H4N2O2.CH6N4/c8-5(9)4-3-6-1-2-7-4;2-1(3)5-4/h1-3H,(H,8,9);4H2,(H4,2,3,5). The lowest BCUT2D eigenvalue weighted by Crippen LogP contribution is -2.84. The highest BCUT2D eigenvalue weighted by Crippen LogP contribution is 1.84. The number of nitrogens with two attached hydrogens (primary N) is 3. The van der Waals surface area contributed by atoms with Crippen molar-refractivity contribution in [3.8, 4) is 0 Å². The first-order valence-electron chi connectivity index (χ1n) is 3.39. The van der Waals surface area contributed by atoms with Gasteiger partial charge in [-0.1, -0.05) is 0 Å². The van der Waals surface area contributed by atoms with Crippen LogP contribution in [0.25, 0.3) is 0 Å². The van der Waals surface area contributed by atoms with E-state index in [9.17, 15) is 9.90 Å². The van der Waals surface area contributed by atoms with Crippen molar-refractivity contribution in [1.29, 1.82) is 0 Å². The summed E-state index contributed by atoms with van der Waals surface area (Å²) in [5, 5.41) is 12.0. The second-order valence-corrected chi connectivity index (χ2v) is 1.98. The van der Waals surface area contributed by atoms with Gasteiger partial charge in [0.25, 0.3) is 0 Å². The van der Waals surface area contributed by atoms with Gasteiger partial charge in [-0.25, -0.2) is 0 Å². The molecule has 1 heterocycles. The van der Waals surface area contributed by atoms with E-state index in [1.165, 1.54) is 12.4 Å². The number of carboxylic acids is 1. The van der Waals surface area contributed by atoms with E-state index < -0.39 is 5.97 Å². The third kappa shape index (κ3) is 5.29. The van der Waals surface area contributed by atoms with Crippen LogP contribution in [0, 0.1) is 0 Å². The third-order valence-corrected chi connectivity index (χ3v) is 0.939. The SMILES string of the molecule is N[NH+]=C(N)N.O=C([O-])c1cnccn1. The average Bonchev–Trinajstić information content (AvgIpc) is 2.20. The van der Waals surface area contributed by atoms with Gasteiger partial charge >= 0.3 is 5.96 Å². The number of carboxylic acid groups (broad SMARTS) is 1. The summed E-state index contributed by atoms with van der Waals surface area (Å²) in [4.78, 5) is 17.0. The van der Waals surface area contributed by atoms with E-state index in [1.807, 2.05) is 5.10 Å². The maximum Gasteiger partial charge on any atom is 0.360 e. The van der Waals surface area contributed by atoms with Crippen LogP contribution in [0.4, 0.5) is 0 Å². The second-order valence-electron chi connectivity index (χ2n) is 1.98. The number of hydrazone groups is 1. The fraction of sp³-hybridized carbons (Fsp3) is 0. The predicted molar refractivity (Wildman–Crippen MR) is 44.9 cm³/mol. The molecule has 0 aromatic carbocycles. The fourth-order valence-corrected chi connectivity index (χ4v) is 0.405. The number of aromatic carboxylic acids is 1. The highest BCUT2D eigenvalue weighted by atomic mass is 16.4. The summed E-state index contributed by atoms with van der Waals surface area (Å²) in [6.45, 7) is 0. The molecule has 14 heavy (non-hydrogen) atoms. The lowest BCUT2D eigenvalue weighted by molar-refractivity contribution is -0.471. The summed E-state index contributed by atoms with van der Waals surface area (Å²) in [6, 6.07) is 0. The Morgan fingerprint density at radius 1 is 1.43 bits per heavy atom. The molecule has 0 fully saturated rings. The minimum Gasteiger partial charge on any atom is -0.543 e. The van der Waals surface area contributed by atoms with Crippen molar-refractivity contribution in [2.24, 2.45) is 17.3 Å². The maximum atomic E-state index is 9.99. The molecule has 0 bridgehead atoms. The summed E-state index contributed by atoms with van der Waals surface area (Å²) in [6.07, 6.45) is 3.83. The Bertz CT molecular complexity index is 307. The summed E-state index contributed by atoms with van der Waals surface area (Å²) in [5.41, 5.74) is 9.36. The minimum absolute atomic E-state index is 0.0324. The number of hydrogen-bond donors (Lipinski definition) is 4. The molecule has 76 valence electrons. The molecule has 8 heteroatoms. The van der Waals surface area contributed by atoms with E-state index in [1.54, 1.807) is 0 Å². The first-order valence-corrected chi connectivity index (χ1v) is 3.39. The Balaban J connectivity index is 0.000000292. The van der Waals surface area contributed by atoms with Gasteiger partial charge < -0.3 is 9.90 Å². The minimum atomic E-state index is -1.30.